The zero-order valence-electron chi connectivity index (χ0n) is 14.7. The molecule has 6 aromatic rings. The van der Waals surface area contributed by atoms with Gasteiger partial charge in [-0.05, 0) is 24.3 Å². The molecule has 0 spiro atoms. The fourth-order valence-corrected chi connectivity index (χ4v) is 3.72. The summed E-state index contributed by atoms with van der Waals surface area (Å²) in [6, 6.07) is 20.3. The third kappa shape index (κ3) is 2.16. The maximum absolute atomic E-state index is 6.19. The van der Waals surface area contributed by atoms with Gasteiger partial charge >= 0.3 is 0 Å². The molecular weight excluding hydrogens is 350 g/mol. The molecule has 0 saturated heterocycles. The summed E-state index contributed by atoms with van der Waals surface area (Å²) in [5, 5.41) is 3.15. The van der Waals surface area contributed by atoms with E-state index in [0.29, 0.717) is 0 Å². The zero-order chi connectivity index (χ0) is 18.5. The van der Waals surface area contributed by atoms with Crippen LogP contribution in [0.3, 0.4) is 0 Å². The van der Waals surface area contributed by atoms with Gasteiger partial charge in [-0.3, -0.25) is 0 Å². The van der Waals surface area contributed by atoms with Crippen molar-refractivity contribution in [3.63, 3.8) is 0 Å². The van der Waals surface area contributed by atoms with Crippen molar-refractivity contribution in [1.29, 1.82) is 0 Å². The van der Waals surface area contributed by atoms with Crippen LogP contribution in [0.15, 0.2) is 88.5 Å². The molecule has 0 fully saturated rings. The number of aromatic nitrogens is 3. The topological polar surface area (TPSA) is 65.0 Å². The molecule has 132 valence electrons. The van der Waals surface area contributed by atoms with E-state index in [1.807, 2.05) is 48.5 Å². The van der Waals surface area contributed by atoms with Crippen molar-refractivity contribution in [2.75, 3.05) is 0 Å². The van der Waals surface area contributed by atoms with Gasteiger partial charge in [-0.2, -0.15) is 0 Å². The molecule has 5 nitrogen and oxygen atoms in total. The average Bonchev–Trinajstić information content (AvgIpc) is 3.41. The molecule has 3 aromatic heterocycles. The van der Waals surface area contributed by atoms with Crippen LogP contribution in [0, 0.1) is 0 Å². The highest BCUT2D eigenvalue weighted by Gasteiger charge is 2.15. The fourth-order valence-electron chi connectivity index (χ4n) is 3.72. The van der Waals surface area contributed by atoms with Gasteiger partial charge in [-0.1, -0.05) is 36.4 Å². The molecule has 0 atom stereocenters. The third-order valence-corrected chi connectivity index (χ3v) is 5.02. The second-order valence-electron chi connectivity index (χ2n) is 6.61. The van der Waals surface area contributed by atoms with Gasteiger partial charge in [-0.15, -0.1) is 0 Å². The van der Waals surface area contributed by atoms with Gasteiger partial charge < -0.3 is 8.83 Å². The summed E-state index contributed by atoms with van der Waals surface area (Å²) in [6.07, 6.45) is 4.64. The molecule has 0 aliphatic rings. The molecule has 28 heavy (non-hydrogen) atoms. The molecule has 0 aliphatic heterocycles. The van der Waals surface area contributed by atoms with E-state index in [1.54, 1.807) is 12.6 Å². The standard InChI is InChI=1S/C23H13N3O2/c1-2-7-21-15(4-1)16-5-3-6-18(23(16)28-21)22-17-9-8-14(20-11-27-13-26-20)10-19(17)24-12-25-22/h1-13H. The van der Waals surface area contributed by atoms with Gasteiger partial charge in [0.25, 0.3) is 0 Å². The Morgan fingerprint density at radius 1 is 0.750 bits per heavy atom. The van der Waals surface area contributed by atoms with Crippen molar-refractivity contribution in [2.24, 2.45) is 0 Å². The largest absolute Gasteiger partial charge is 0.455 e. The minimum Gasteiger partial charge on any atom is -0.455 e. The van der Waals surface area contributed by atoms with Crippen molar-refractivity contribution < 1.29 is 8.83 Å². The molecule has 0 radical (unpaired) electrons. The number of rotatable bonds is 2. The molecule has 0 aliphatic carbocycles. The summed E-state index contributed by atoms with van der Waals surface area (Å²) < 4.78 is 11.3. The number of fused-ring (bicyclic) bond motifs is 4. The van der Waals surface area contributed by atoms with E-state index in [0.717, 1.165) is 55.4 Å². The molecule has 3 aromatic carbocycles. The number of furan rings is 1. The maximum atomic E-state index is 6.19. The van der Waals surface area contributed by atoms with Crippen LogP contribution in [0.5, 0.6) is 0 Å². The number of hydrogen-bond acceptors (Lipinski definition) is 5. The number of para-hydroxylation sites is 2. The lowest BCUT2D eigenvalue weighted by Crippen LogP contribution is -1.90. The molecule has 0 amide bonds. The predicted molar refractivity (Wildman–Crippen MR) is 108 cm³/mol. The predicted octanol–water partition coefficient (Wildman–Crippen LogP) is 5.85. The lowest BCUT2D eigenvalue weighted by Gasteiger charge is -2.07. The van der Waals surface area contributed by atoms with E-state index >= 15 is 0 Å². The third-order valence-electron chi connectivity index (χ3n) is 5.02. The van der Waals surface area contributed by atoms with E-state index in [-0.39, 0.29) is 0 Å². The molecule has 0 N–H and O–H groups in total. The second kappa shape index (κ2) is 5.76. The van der Waals surface area contributed by atoms with E-state index in [2.05, 4.69) is 27.1 Å². The molecule has 0 bridgehead atoms. The van der Waals surface area contributed by atoms with E-state index in [9.17, 15) is 0 Å². The van der Waals surface area contributed by atoms with Crippen molar-refractivity contribution in [2.45, 2.75) is 0 Å². The van der Waals surface area contributed by atoms with Crippen LogP contribution in [-0.2, 0) is 0 Å². The fraction of sp³-hybridized carbons (Fsp3) is 0. The minimum absolute atomic E-state index is 0.779. The molecular formula is C23H13N3O2. The van der Waals surface area contributed by atoms with Crippen LogP contribution in [0.25, 0.3) is 55.4 Å². The summed E-state index contributed by atoms with van der Waals surface area (Å²) in [7, 11) is 0. The van der Waals surface area contributed by atoms with Crippen molar-refractivity contribution in [3.8, 4) is 22.5 Å². The summed E-state index contributed by atoms with van der Waals surface area (Å²) >= 11 is 0. The van der Waals surface area contributed by atoms with Crippen molar-refractivity contribution in [1.82, 2.24) is 15.0 Å². The van der Waals surface area contributed by atoms with Gasteiger partial charge in [0.2, 0.25) is 0 Å². The Morgan fingerprint density at radius 2 is 1.68 bits per heavy atom. The normalized spacial score (nSPS) is 11.6. The SMILES string of the molecule is c1ccc2c(c1)oc1c(-c3ncnc4cc(-c5cocn5)ccc34)cccc12. The monoisotopic (exact) mass is 363 g/mol. The Balaban J connectivity index is 1.62. The van der Waals surface area contributed by atoms with Crippen LogP contribution in [0.2, 0.25) is 0 Å². The molecule has 0 unspecified atom stereocenters. The average molecular weight is 363 g/mol. The van der Waals surface area contributed by atoms with Gasteiger partial charge in [0.15, 0.2) is 6.39 Å². The van der Waals surface area contributed by atoms with Crippen molar-refractivity contribution >= 4 is 32.8 Å². The Kier molecular flexibility index (Phi) is 3.10. The molecule has 0 saturated carbocycles. The Bertz CT molecular complexity index is 1470. The smallest absolute Gasteiger partial charge is 0.181 e. The first-order chi connectivity index (χ1) is 13.9. The quantitative estimate of drug-likeness (QED) is 0.386. The summed E-state index contributed by atoms with van der Waals surface area (Å²) in [5.41, 5.74) is 6.09. The maximum Gasteiger partial charge on any atom is 0.181 e. The summed E-state index contributed by atoms with van der Waals surface area (Å²) in [6.45, 7) is 0. The Labute approximate surface area is 159 Å². The summed E-state index contributed by atoms with van der Waals surface area (Å²) in [4.78, 5) is 13.3. The van der Waals surface area contributed by atoms with Crippen LogP contribution in [0.4, 0.5) is 0 Å². The van der Waals surface area contributed by atoms with Crippen LogP contribution < -0.4 is 0 Å². The number of benzene rings is 3. The minimum atomic E-state index is 0.779. The first-order valence-electron chi connectivity index (χ1n) is 8.92. The summed E-state index contributed by atoms with van der Waals surface area (Å²) in [5.74, 6) is 0. The highest BCUT2D eigenvalue weighted by molar-refractivity contribution is 6.11. The van der Waals surface area contributed by atoms with Gasteiger partial charge in [0.1, 0.15) is 29.5 Å². The van der Waals surface area contributed by atoms with Gasteiger partial charge in [-0.25, -0.2) is 15.0 Å². The number of nitrogens with zero attached hydrogens (tertiary/aromatic N) is 3. The molecule has 3 heterocycles. The van der Waals surface area contributed by atoms with Crippen molar-refractivity contribution in [3.05, 3.63) is 79.6 Å². The number of hydrogen-bond donors (Lipinski definition) is 0. The Morgan fingerprint density at radius 3 is 2.61 bits per heavy atom. The van der Waals surface area contributed by atoms with Crippen LogP contribution in [0.1, 0.15) is 0 Å². The van der Waals surface area contributed by atoms with E-state index < -0.39 is 0 Å². The highest BCUT2D eigenvalue weighted by Crippen LogP contribution is 2.37. The molecule has 5 heteroatoms. The molecule has 6 rings (SSSR count). The van der Waals surface area contributed by atoms with E-state index in [4.69, 9.17) is 8.83 Å². The van der Waals surface area contributed by atoms with Gasteiger partial charge in [0, 0.05) is 27.3 Å². The lowest BCUT2D eigenvalue weighted by molar-refractivity contribution is 0.558. The zero-order valence-corrected chi connectivity index (χ0v) is 14.7. The first kappa shape index (κ1) is 15.1. The van der Waals surface area contributed by atoms with E-state index in [1.165, 1.54) is 6.39 Å². The second-order valence-corrected chi connectivity index (χ2v) is 6.61. The number of oxazole rings is 1. The Hall–Kier alpha value is -3.99. The van der Waals surface area contributed by atoms with Crippen LogP contribution in [-0.4, -0.2) is 15.0 Å². The van der Waals surface area contributed by atoms with Crippen LogP contribution >= 0.6 is 0 Å². The van der Waals surface area contributed by atoms with Gasteiger partial charge in [0.05, 0.1) is 11.2 Å². The first-order valence-corrected chi connectivity index (χ1v) is 8.92. The highest BCUT2D eigenvalue weighted by atomic mass is 16.3. The lowest BCUT2D eigenvalue weighted by atomic mass is 10.0.